The van der Waals surface area contributed by atoms with Gasteiger partial charge in [0.05, 0.1) is 13.2 Å². The van der Waals surface area contributed by atoms with E-state index in [1.165, 1.54) is 22.3 Å². The fourth-order valence-corrected chi connectivity index (χ4v) is 4.61. The van der Waals surface area contributed by atoms with E-state index in [1.54, 1.807) is 7.11 Å². The second kappa shape index (κ2) is 9.71. The molecule has 0 amide bonds. The van der Waals surface area contributed by atoms with Crippen LogP contribution in [0, 0.1) is 6.92 Å². The molecule has 1 aliphatic rings. The molecule has 1 aromatic heterocycles. The van der Waals surface area contributed by atoms with E-state index in [0.717, 1.165) is 48.1 Å². The van der Waals surface area contributed by atoms with Gasteiger partial charge in [0.15, 0.2) is 0 Å². The number of rotatable bonds is 7. The maximum absolute atomic E-state index is 10.9. The van der Waals surface area contributed by atoms with Crippen molar-refractivity contribution in [3.63, 3.8) is 0 Å². The zero-order chi connectivity index (χ0) is 23.5. The minimum Gasteiger partial charge on any atom is -0.380 e. The van der Waals surface area contributed by atoms with Gasteiger partial charge in [-0.2, -0.15) is 4.98 Å². The summed E-state index contributed by atoms with van der Waals surface area (Å²) in [6.07, 6.45) is 1.90. The van der Waals surface area contributed by atoms with Gasteiger partial charge in [0.1, 0.15) is 6.29 Å². The molecule has 4 aromatic rings. The van der Waals surface area contributed by atoms with Crippen molar-refractivity contribution in [1.82, 2.24) is 15.0 Å². The summed E-state index contributed by atoms with van der Waals surface area (Å²) in [4.78, 5) is 17.7. The molecule has 5 rings (SSSR count). The van der Waals surface area contributed by atoms with E-state index in [1.807, 2.05) is 24.3 Å². The van der Waals surface area contributed by atoms with Crippen LogP contribution in [0.15, 0.2) is 65.2 Å². The van der Waals surface area contributed by atoms with Crippen LogP contribution in [0.3, 0.4) is 0 Å². The SMILES string of the molecule is COCc1cc(-c2nc(-c3ccc4c(c3)CN(CC=O)CC4)no2)ccc1-c1ccccc1C. The Morgan fingerprint density at radius 2 is 1.88 bits per heavy atom. The smallest absolute Gasteiger partial charge is 0.258 e. The van der Waals surface area contributed by atoms with Gasteiger partial charge >= 0.3 is 0 Å². The number of aldehydes is 1. The minimum absolute atomic E-state index is 0.457. The summed E-state index contributed by atoms with van der Waals surface area (Å²) in [5.41, 5.74) is 8.90. The van der Waals surface area contributed by atoms with E-state index in [0.29, 0.717) is 24.9 Å². The number of fused-ring (bicyclic) bond motifs is 1. The van der Waals surface area contributed by atoms with Crippen molar-refractivity contribution < 1.29 is 14.1 Å². The summed E-state index contributed by atoms with van der Waals surface area (Å²) < 4.78 is 11.1. The van der Waals surface area contributed by atoms with Gasteiger partial charge in [-0.15, -0.1) is 0 Å². The van der Waals surface area contributed by atoms with Crippen LogP contribution in [-0.2, 0) is 29.1 Å². The molecule has 0 fully saturated rings. The van der Waals surface area contributed by atoms with Crippen LogP contribution in [0.5, 0.6) is 0 Å². The Morgan fingerprint density at radius 3 is 2.71 bits per heavy atom. The zero-order valence-corrected chi connectivity index (χ0v) is 19.5. The fraction of sp³-hybridized carbons (Fsp3) is 0.250. The number of carbonyl (C=O) groups is 1. The number of methoxy groups -OCH3 is 1. The molecule has 0 saturated heterocycles. The first kappa shape index (κ1) is 22.2. The lowest BCUT2D eigenvalue weighted by atomic mass is 9.94. The predicted octanol–water partition coefficient (Wildman–Crippen LogP) is 5.08. The van der Waals surface area contributed by atoms with E-state index in [2.05, 4.69) is 58.4 Å². The van der Waals surface area contributed by atoms with Gasteiger partial charge in [0.25, 0.3) is 5.89 Å². The number of aryl methyl sites for hydroxylation is 1. The van der Waals surface area contributed by atoms with Crippen LogP contribution in [0.25, 0.3) is 34.0 Å². The van der Waals surface area contributed by atoms with Crippen LogP contribution >= 0.6 is 0 Å². The van der Waals surface area contributed by atoms with Gasteiger partial charge in [-0.25, -0.2) is 0 Å². The second-order valence-electron chi connectivity index (χ2n) is 8.68. The molecule has 172 valence electrons. The molecule has 0 bridgehead atoms. The second-order valence-corrected chi connectivity index (χ2v) is 8.68. The Kier molecular flexibility index (Phi) is 6.34. The molecule has 6 heteroatoms. The van der Waals surface area contributed by atoms with E-state index >= 15 is 0 Å². The first-order valence-corrected chi connectivity index (χ1v) is 11.5. The van der Waals surface area contributed by atoms with Crippen LogP contribution in [0.2, 0.25) is 0 Å². The van der Waals surface area contributed by atoms with Crippen molar-refractivity contribution >= 4 is 6.29 Å². The van der Waals surface area contributed by atoms with Crippen LogP contribution in [0.1, 0.15) is 22.3 Å². The molecular formula is C28H27N3O3. The summed E-state index contributed by atoms with van der Waals surface area (Å²) >= 11 is 0. The summed E-state index contributed by atoms with van der Waals surface area (Å²) in [7, 11) is 1.70. The predicted molar refractivity (Wildman–Crippen MR) is 131 cm³/mol. The molecule has 0 saturated carbocycles. The Hall–Kier alpha value is -3.61. The third-order valence-electron chi connectivity index (χ3n) is 6.40. The fourth-order valence-electron chi connectivity index (χ4n) is 4.61. The number of benzene rings is 3. The average Bonchev–Trinajstić information content (AvgIpc) is 3.35. The molecule has 3 aromatic carbocycles. The number of ether oxygens (including phenoxy) is 1. The normalized spacial score (nSPS) is 13.6. The minimum atomic E-state index is 0.457. The molecular weight excluding hydrogens is 426 g/mol. The maximum Gasteiger partial charge on any atom is 0.258 e. The summed E-state index contributed by atoms with van der Waals surface area (Å²) in [6, 6.07) is 20.8. The first-order chi connectivity index (χ1) is 16.7. The van der Waals surface area contributed by atoms with Crippen molar-refractivity contribution in [3.8, 4) is 34.0 Å². The Bertz CT molecular complexity index is 1330. The quantitative estimate of drug-likeness (QED) is 0.364. The first-order valence-electron chi connectivity index (χ1n) is 11.5. The van der Waals surface area contributed by atoms with Crippen molar-refractivity contribution in [3.05, 3.63) is 82.9 Å². The van der Waals surface area contributed by atoms with E-state index in [4.69, 9.17) is 9.26 Å². The molecule has 0 atom stereocenters. The van der Waals surface area contributed by atoms with Crippen molar-refractivity contribution in [2.24, 2.45) is 0 Å². The highest BCUT2D eigenvalue weighted by Crippen LogP contribution is 2.32. The molecule has 0 radical (unpaired) electrons. The number of hydrogen-bond donors (Lipinski definition) is 0. The van der Waals surface area contributed by atoms with Crippen LogP contribution < -0.4 is 0 Å². The van der Waals surface area contributed by atoms with Crippen molar-refractivity contribution in [2.45, 2.75) is 26.5 Å². The van der Waals surface area contributed by atoms with Gasteiger partial charge in [-0.05, 0) is 64.9 Å². The lowest BCUT2D eigenvalue weighted by Gasteiger charge is -2.27. The average molecular weight is 454 g/mol. The number of carbonyl (C=O) groups excluding carboxylic acids is 1. The van der Waals surface area contributed by atoms with E-state index in [-0.39, 0.29) is 0 Å². The molecule has 0 N–H and O–H groups in total. The molecule has 34 heavy (non-hydrogen) atoms. The highest BCUT2D eigenvalue weighted by atomic mass is 16.5. The molecule has 2 heterocycles. The lowest BCUT2D eigenvalue weighted by molar-refractivity contribution is -0.109. The van der Waals surface area contributed by atoms with Crippen molar-refractivity contribution in [1.29, 1.82) is 0 Å². The van der Waals surface area contributed by atoms with E-state index in [9.17, 15) is 4.79 Å². The highest BCUT2D eigenvalue weighted by Gasteiger charge is 2.19. The van der Waals surface area contributed by atoms with Gasteiger partial charge in [-0.1, -0.05) is 47.6 Å². The zero-order valence-electron chi connectivity index (χ0n) is 19.5. The third-order valence-corrected chi connectivity index (χ3v) is 6.40. The monoisotopic (exact) mass is 453 g/mol. The Labute approximate surface area is 199 Å². The number of hydrogen-bond acceptors (Lipinski definition) is 6. The molecule has 0 unspecified atom stereocenters. The summed E-state index contributed by atoms with van der Waals surface area (Å²) in [5.74, 6) is 1.03. The molecule has 1 aliphatic heterocycles. The van der Waals surface area contributed by atoms with Crippen LogP contribution in [0.4, 0.5) is 0 Å². The lowest BCUT2D eigenvalue weighted by Crippen LogP contribution is -2.31. The van der Waals surface area contributed by atoms with Gasteiger partial charge in [-0.3, -0.25) is 4.90 Å². The van der Waals surface area contributed by atoms with E-state index < -0.39 is 0 Å². The molecule has 0 spiro atoms. The highest BCUT2D eigenvalue weighted by molar-refractivity contribution is 5.74. The number of nitrogens with zero attached hydrogens (tertiary/aromatic N) is 3. The standard InChI is InChI=1S/C28H27N3O3/c1-19-5-3-4-6-25(19)26-10-9-22(16-24(26)18-33-2)28-29-27(30-34-28)21-8-7-20-11-12-31(13-14-32)17-23(20)15-21/h3-10,14-16H,11-13,17-18H2,1-2H3. The number of aromatic nitrogens is 2. The molecule has 0 aliphatic carbocycles. The van der Waals surface area contributed by atoms with Gasteiger partial charge in [0.2, 0.25) is 5.82 Å². The largest absolute Gasteiger partial charge is 0.380 e. The van der Waals surface area contributed by atoms with Gasteiger partial charge in [0, 0.05) is 31.3 Å². The topological polar surface area (TPSA) is 68.5 Å². The van der Waals surface area contributed by atoms with Crippen LogP contribution in [-0.4, -0.2) is 41.5 Å². The Balaban J connectivity index is 1.45. The summed E-state index contributed by atoms with van der Waals surface area (Å²) in [5, 5.41) is 4.25. The maximum atomic E-state index is 10.9. The summed E-state index contributed by atoms with van der Waals surface area (Å²) in [6.45, 7) is 4.72. The van der Waals surface area contributed by atoms with Gasteiger partial charge < -0.3 is 14.1 Å². The van der Waals surface area contributed by atoms with Crippen molar-refractivity contribution in [2.75, 3.05) is 20.2 Å². The Morgan fingerprint density at radius 1 is 1.03 bits per heavy atom. The third kappa shape index (κ3) is 4.42. The molecule has 6 nitrogen and oxygen atoms in total.